The number of nitrogen functional groups attached to an aromatic ring is 1. The zero-order valence-electron chi connectivity index (χ0n) is 17.3. The summed E-state index contributed by atoms with van der Waals surface area (Å²) in [5, 5.41) is 7.80. The highest BCUT2D eigenvalue weighted by atomic mass is 19.2. The molecule has 0 fully saturated rings. The summed E-state index contributed by atoms with van der Waals surface area (Å²) in [4.78, 5) is 8.34. The van der Waals surface area contributed by atoms with E-state index < -0.39 is 40.2 Å². The molecule has 0 saturated carbocycles. The second-order valence-corrected chi connectivity index (χ2v) is 7.43. The zero-order chi connectivity index (χ0) is 24.1. The molecule has 0 atom stereocenters. The molecule has 0 radical (unpaired) electrons. The minimum absolute atomic E-state index is 0.0403. The fraction of sp³-hybridized carbons (Fsp3) is 0.0909. The number of halogens is 5. The van der Waals surface area contributed by atoms with Crippen LogP contribution < -0.4 is 5.73 Å². The van der Waals surface area contributed by atoms with Crippen LogP contribution in [0.5, 0.6) is 0 Å². The Balaban J connectivity index is 1.47. The summed E-state index contributed by atoms with van der Waals surface area (Å²) in [5.41, 5.74) is 5.29. The van der Waals surface area contributed by atoms with E-state index in [-0.39, 0.29) is 46.6 Å². The van der Waals surface area contributed by atoms with Crippen molar-refractivity contribution in [3.63, 3.8) is 0 Å². The SMILES string of the molecule is Cc1c(F)cc(-c2cc(Cn3cc4nc(-c5cccc(F)c5F)nc-4c(N)n3)on2)c(F)c1F. The van der Waals surface area contributed by atoms with E-state index in [0.29, 0.717) is 0 Å². The van der Waals surface area contributed by atoms with Crippen molar-refractivity contribution in [2.45, 2.75) is 13.5 Å². The summed E-state index contributed by atoms with van der Waals surface area (Å²) in [7, 11) is 0. The Bertz CT molecular complexity index is 1530. The quantitative estimate of drug-likeness (QED) is 0.300. The number of nitrogens with zero attached hydrogens (tertiary/aromatic N) is 5. The molecule has 2 N–H and O–H groups in total. The minimum atomic E-state index is -1.31. The van der Waals surface area contributed by atoms with Gasteiger partial charge in [-0.15, -0.1) is 0 Å². The molecule has 5 rings (SSSR count). The topological polar surface area (TPSA) is 95.7 Å². The average Bonchev–Trinajstić information content (AvgIpc) is 3.44. The van der Waals surface area contributed by atoms with E-state index in [2.05, 4.69) is 20.2 Å². The van der Waals surface area contributed by atoms with Crippen LogP contribution in [0.3, 0.4) is 0 Å². The smallest absolute Gasteiger partial charge is 0.172 e. The van der Waals surface area contributed by atoms with Gasteiger partial charge in [0.1, 0.15) is 29.4 Å². The second kappa shape index (κ2) is 7.90. The van der Waals surface area contributed by atoms with Gasteiger partial charge in [0.25, 0.3) is 0 Å². The number of aromatic nitrogens is 5. The summed E-state index contributed by atoms with van der Waals surface area (Å²) in [5.74, 6) is -5.56. The largest absolute Gasteiger partial charge is 0.380 e. The van der Waals surface area contributed by atoms with Crippen LogP contribution in [0.15, 0.2) is 41.1 Å². The summed E-state index contributed by atoms with van der Waals surface area (Å²) in [6, 6.07) is 5.76. The van der Waals surface area contributed by atoms with Crippen molar-refractivity contribution in [3.05, 3.63) is 76.9 Å². The Morgan fingerprint density at radius 3 is 2.50 bits per heavy atom. The fourth-order valence-electron chi connectivity index (χ4n) is 3.41. The molecule has 2 aliphatic rings. The van der Waals surface area contributed by atoms with E-state index in [1.807, 2.05) is 0 Å². The molecule has 0 bridgehead atoms. The third kappa shape index (κ3) is 3.52. The first-order chi connectivity index (χ1) is 16.2. The van der Waals surface area contributed by atoms with Gasteiger partial charge >= 0.3 is 0 Å². The maximum atomic E-state index is 14.3. The number of benzene rings is 2. The highest BCUT2D eigenvalue weighted by Gasteiger charge is 2.22. The molecule has 0 spiro atoms. The second-order valence-electron chi connectivity index (χ2n) is 7.43. The molecule has 2 aromatic carbocycles. The van der Waals surface area contributed by atoms with Crippen LogP contribution in [-0.4, -0.2) is 24.9 Å². The molecule has 0 unspecified atom stereocenters. The molecule has 3 heterocycles. The highest BCUT2D eigenvalue weighted by molar-refractivity contribution is 5.72. The van der Waals surface area contributed by atoms with Crippen molar-refractivity contribution in [2.24, 2.45) is 0 Å². The Hall–Kier alpha value is -4.35. The van der Waals surface area contributed by atoms with Crippen LogP contribution >= 0.6 is 0 Å². The van der Waals surface area contributed by atoms with Crippen molar-refractivity contribution in [1.82, 2.24) is 24.9 Å². The van der Waals surface area contributed by atoms with Crippen LogP contribution in [0, 0.1) is 36.0 Å². The lowest BCUT2D eigenvalue weighted by Gasteiger charge is -2.06. The fourth-order valence-corrected chi connectivity index (χ4v) is 3.41. The number of fused-ring (bicyclic) bond motifs is 1. The molecule has 1 aromatic heterocycles. The van der Waals surface area contributed by atoms with Gasteiger partial charge in [-0.25, -0.2) is 31.9 Å². The predicted octanol–water partition coefficient (Wildman–Crippen LogP) is 4.73. The zero-order valence-corrected chi connectivity index (χ0v) is 17.3. The Labute approximate surface area is 188 Å². The normalized spacial score (nSPS) is 11.5. The van der Waals surface area contributed by atoms with Gasteiger partial charge in [0, 0.05) is 17.2 Å². The standard InChI is InChI=1S/C22H13F5N6O/c1-9-14(24)6-12(19(27)17(9)25)15-5-10(34-32-15)7-33-8-16-20(21(28)31-33)30-22(29-16)11-3-2-4-13(23)18(11)26/h2-6,8H,7H2,1H3,(H2,28,31). The number of rotatable bonds is 4. The van der Waals surface area contributed by atoms with Crippen molar-refractivity contribution >= 4 is 5.82 Å². The average molecular weight is 472 g/mol. The molecule has 34 heavy (non-hydrogen) atoms. The Kier molecular flexibility index (Phi) is 5.00. The third-order valence-electron chi connectivity index (χ3n) is 5.17. The van der Waals surface area contributed by atoms with Crippen molar-refractivity contribution < 1.29 is 26.5 Å². The first-order valence-electron chi connectivity index (χ1n) is 9.78. The summed E-state index contributed by atoms with van der Waals surface area (Å²) < 4.78 is 76.2. The molecule has 0 amide bonds. The lowest BCUT2D eigenvalue weighted by atomic mass is 10.1. The van der Waals surface area contributed by atoms with Gasteiger partial charge in [0.2, 0.25) is 0 Å². The van der Waals surface area contributed by atoms with Crippen LogP contribution in [0.2, 0.25) is 0 Å². The lowest BCUT2D eigenvalue weighted by Crippen LogP contribution is -2.09. The van der Waals surface area contributed by atoms with E-state index >= 15 is 0 Å². The van der Waals surface area contributed by atoms with E-state index in [4.69, 9.17) is 10.3 Å². The molecule has 172 valence electrons. The van der Waals surface area contributed by atoms with E-state index in [1.165, 1.54) is 29.1 Å². The van der Waals surface area contributed by atoms with Gasteiger partial charge in [0.15, 0.2) is 40.7 Å². The monoisotopic (exact) mass is 472 g/mol. The first kappa shape index (κ1) is 21.5. The van der Waals surface area contributed by atoms with Crippen LogP contribution in [0.25, 0.3) is 34.0 Å². The highest BCUT2D eigenvalue weighted by Crippen LogP contribution is 2.31. The molecule has 0 aliphatic carbocycles. The van der Waals surface area contributed by atoms with E-state index in [9.17, 15) is 22.0 Å². The minimum Gasteiger partial charge on any atom is -0.380 e. The van der Waals surface area contributed by atoms with Gasteiger partial charge in [-0.1, -0.05) is 11.2 Å². The van der Waals surface area contributed by atoms with Gasteiger partial charge in [0.05, 0.1) is 11.8 Å². The first-order valence-corrected chi connectivity index (χ1v) is 9.78. The molecular formula is C22H13F5N6O. The van der Waals surface area contributed by atoms with Gasteiger partial charge < -0.3 is 10.3 Å². The molecule has 7 nitrogen and oxygen atoms in total. The molecule has 12 heteroatoms. The number of hydrogen-bond acceptors (Lipinski definition) is 6. The molecular weight excluding hydrogens is 459 g/mol. The lowest BCUT2D eigenvalue weighted by molar-refractivity contribution is 0.372. The van der Waals surface area contributed by atoms with Crippen molar-refractivity contribution in [2.75, 3.05) is 5.73 Å². The molecule has 2 aliphatic heterocycles. The summed E-state index contributed by atoms with van der Waals surface area (Å²) in [6.07, 6.45) is 1.44. The van der Waals surface area contributed by atoms with Crippen LogP contribution in [0.4, 0.5) is 27.8 Å². The number of imidazole rings is 1. The molecule has 3 aromatic rings. The van der Waals surface area contributed by atoms with Crippen LogP contribution in [-0.2, 0) is 6.54 Å². The van der Waals surface area contributed by atoms with Gasteiger partial charge in [-0.2, -0.15) is 5.10 Å². The van der Waals surface area contributed by atoms with Crippen molar-refractivity contribution in [3.8, 4) is 34.0 Å². The Morgan fingerprint density at radius 1 is 0.912 bits per heavy atom. The number of nitrogens with two attached hydrogens (primary N) is 1. The summed E-state index contributed by atoms with van der Waals surface area (Å²) >= 11 is 0. The van der Waals surface area contributed by atoms with Gasteiger partial charge in [-0.05, 0) is 25.1 Å². The Morgan fingerprint density at radius 2 is 1.71 bits per heavy atom. The maximum absolute atomic E-state index is 14.3. The van der Waals surface area contributed by atoms with Crippen LogP contribution in [0.1, 0.15) is 11.3 Å². The number of hydrogen-bond donors (Lipinski definition) is 1. The summed E-state index contributed by atoms with van der Waals surface area (Å²) in [6.45, 7) is 1.07. The third-order valence-corrected chi connectivity index (χ3v) is 5.17. The predicted molar refractivity (Wildman–Crippen MR) is 110 cm³/mol. The van der Waals surface area contributed by atoms with E-state index in [1.54, 1.807) is 0 Å². The van der Waals surface area contributed by atoms with E-state index in [0.717, 1.165) is 19.1 Å². The number of anilines is 1. The molecule has 0 saturated heterocycles. The van der Waals surface area contributed by atoms with Crippen molar-refractivity contribution in [1.29, 1.82) is 0 Å². The van der Waals surface area contributed by atoms with Gasteiger partial charge in [-0.3, -0.25) is 4.68 Å². The maximum Gasteiger partial charge on any atom is 0.172 e.